The van der Waals surface area contributed by atoms with Crippen LogP contribution in [-0.2, 0) is 6.54 Å². The summed E-state index contributed by atoms with van der Waals surface area (Å²) < 4.78 is 4.10. The number of benzene rings is 1. The average Bonchev–Trinajstić information content (AvgIpc) is 3.19. The molecule has 0 unspecified atom stereocenters. The lowest BCUT2D eigenvalue weighted by atomic mass is 10.1. The SMILES string of the molecule is Cc1ccccc1CNc1snc(N)c1C(=O)NC1CC1. The fourth-order valence-corrected chi connectivity index (χ4v) is 2.82. The van der Waals surface area contributed by atoms with Crippen LogP contribution in [-0.4, -0.2) is 16.3 Å². The number of nitrogens with two attached hydrogens (primary N) is 1. The minimum Gasteiger partial charge on any atom is -0.382 e. The van der Waals surface area contributed by atoms with Crippen LogP contribution < -0.4 is 16.4 Å². The van der Waals surface area contributed by atoms with Crippen molar-refractivity contribution >= 4 is 28.3 Å². The summed E-state index contributed by atoms with van der Waals surface area (Å²) in [6, 6.07) is 8.46. The van der Waals surface area contributed by atoms with Gasteiger partial charge >= 0.3 is 0 Å². The zero-order valence-corrected chi connectivity index (χ0v) is 12.7. The standard InChI is InChI=1S/C15H18N4OS/c1-9-4-2-3-5-10(9)8-17-15-12(13(16)19-21-15)14(20)18-11-6-7-11/h2-5,11,17H,6-8H2,1H3,(H2,16,19)(H,18,20). The van der Waals surface area contributed by atoms with Gasteiger partial charge < -0.3 is 16.4 Å². The van der Waals surface area contributed by atoms with Gasteiger partial charge in [-0.1, -0.05) is 24.3 Å². The normalized spacial score (nSPS) is 14.0. The molecule has 2 aromatic rings. The van der Waals surface area contributed by atoms with Crippen molar-refractivity contribution in [3.05, 3.63) is 41.0 Å². The van der Waals surface area contributed by atoms with E-state index in [4.69, 9.17) is 5.73 Å². The third kappa shape index (κ3) is 3.16. The van der Waals surface area contributed by atoms with E-state index < -0.39 is 0 Å². The first-order chi connectivity index (χ1) is 10.1. The summed E-state index contributed by atoms with van der Waals surface area (Å²) in [7, 11) is 0. The lowest BCUT2D eigenvalue weighted by molar-refractivity contribution is 0.0953. The first-order valence-electron chi connectivity index (χ1n) is 6.99. The van der Waals surface area contributed by atoms with Crippen LogP contribution in [0.2, 0.25) is 0 Å². The van der Waals surface area contributed by atoms with Crippen LogP contribution in [0, 0.1) is 6.92 Å². The first-order valence-corrected chi connectivity index (χ1v) is 7.77. The highest BCUT2D eigenvalue weighted by molar-refractivity contribution is 7.11. The maximum absolute atomic E-state index is 12.2. The number of carbonyl (C=O) groups is 1. The molecule has 0 saturated heterocycles. The number of nitrogen functional groups attached to an aromatic ring is 1. The molecular weight excluding hydrogens is 284 g/mol. The van der Waals surface area contributed by atoms with Gasteiger partial charge in [0.1, 0.15) is 10.6 Å². The predicted octanol–water partition coefficient (Wildman–Crippen LogP) is 2.54. The number of nitrogens with one attached hydrogen (secondary N) is 2. The lowest BCUT2D eigenvalue weighted by Gasteiger charge is -2.09. The molecule has 0 aliphatic heterocycles. The largest absolute Gasteiger partial charge is 0.382 e. The van der Waals surface area contributed by atoms with Crippen LogP contribution in [0.1, 0.15) is 34.3 Å². The Morgan fingerprint density at radius 1 is 1.43 bits per heavy atom. The van der Waals surface area contributed by atoms with Crippen LogP contribution in [0.15, 0.2) is 24.3 Å². The number of hydrogen-bond donors (Lipinski definition) is 3. The quantitative estimate of drug-likeness (QED) is 0.793. The van der Waals surface area contributed by atoms with Crippen molar-refractivity contribution in [3.63, 3.8) is 0 Å². The Balaban J connectivity index is 1.73. The highest BCUT2D eigenvalue weighted by Crippen LogP contribution is 2.29. The van der Waals surface area contributed by atoms with E-state index in [1.807, 2.05) is 12.1 Å². The Labute approximate surface area is 127 Å². The van der Waals surface area contributed by atoms with Gasteiger partial charge in [0.05, 0.1) is 0 Å². The summed E-state index contributed by atoms with van der Waals surface area (Å²) in [6.45, 7) is 2.72. The van der Waals surface area contributed by atoms with Gasteiger partial charge in [-0.15, -0.1) is 0 Å². The van der Waals surface area contributed by atoms with E-state index in [0.717, 1.165) is 17.8 Å². The Kier molecular flexibility index (Phi) is 3.79. The summed E-state index contributed by atoms with van der Waals surface area (Å²) in [6.07, 6.45) is 2.10. The number of rotatable bonds is 5. The van der Waals surface area contributed by atoms with Gasteiger partial charge in [-0.05, 0) is 42.4 Å². The molecule has 110 valence electrons. The van der Waals surface area contributed by atoms with E-state index in [9.17, 15) is 4.79 Å². The number of hydrogen-bond acceptors (Lipinski definition) is 5. The van der Waals surface area contributed by atoms with Crippen molar-refractivity contribution in [3.8, 4) is 0 Å². The van der Waals surface area contributed by atoms with E-state index in [0.29, 0.717) is 24.0 Å². The summed E-state index contributed by atoms with van der Waals surface area (Å²) in [5, 5.41) is 6.97. The molecule has 3 rings (SSSR count). The fraction of sp³-hybridized carbons (Fsp3) is 0.333. The molecule has 1 aliphatic carbocycles. The van der Waals surface area contributed by atoms with Gasteiger partial charge in [0.25, 0.3) is 5.91 Å². The molecule has 4 N–H and O–H groups in total. The molecule has 0 bridgehead atoms. The molecular formula is C15H18N4OS. The van der Waals surface area contributed by atoms with Crippen molar-refractivity contribution < 1.29 is 4.79 Å². The van der Waals surface area contributed by atoms with Crippen molar-refractivity contribution in [2.75, 3.05) is 11.1 Å². The average molecular weight is 302 g/mol. The van der Waals surface area contributed by atoms with Gasteiger partial charge in [0.15, 0.2) is 5.82 Å². The molecule has 21 heavy (non-hydrogen) atoms. The highest BCUT2D eigenvalue weighted by Gasteiger charge is 2.27. The second-order valence-electron chi connectivity index (χ2n) is 5.30. The smallest absolute Gasteiger partial charge is 0.258 e. The minimum absolute atomic E-state index is 0.129. The third-order valence-corrected chi connectivity index (χ3v) is 4.38. The molecule has 5 nitrogen and oxygen atoms in total. The van der Waals surface area contributed by atoms with Gasteiger partial charge in [-0.25, -0.2) is 0 Å². The Bertz CT molecular complexity index is 663. The summed E-state index contributed by atoms with van der Waals surface area (Å²) in [5.41, 5.74) is 8.72. The van der Waals surface area contributed by atoms with Crippen LogP contribution in [0.5, 0.6) is 0 Å². The molecule has 6 heteroatoms. The number of aromatic nitrogens is 1. The Morgan fingerprint density at radius 3 is 2.90 bits per heavy atom. The lowest BCUT2D eigenvalue weighted by Crippen LogP contribution is -2.26. The number of nitrogens with zero attached hydrogens (tertiary/aromatic N) is 1. The maximum atomic E-state index is 12.2. The second kappa shape index (κ2) is 5.73. The third-order valence-electron chi connectivity index (χ3n) is 3.56. The van der Waals surface area contributed by atoms with Crippen LogP contribution in [0.3, 0.4) is 0 Å². The molecule has 0 radical (unpaired) electrons. The molecule has 1 heterocycles. The van der Waals surface area contributed by atoms with Crippen LogP contribution in [0.4, 0.5) is 10.8 Å². The van der Waals surface area contributed by atoms with Crippen LogP contribution >= 0.6 is 11.5 Å². The number of amides is 1. The molecule has 0 spiro atoms. The van der Waals surface area contributed by atoms with E-state index >= 15 is 0 Å². The molecule has 1 amide bonds. The van der Waals surface area contributed by atoms with Crippen molar-refractivity contribution in [1.82, 2.24) is 9.69 Å². The summed E-state index contributed by atoms with van der Waals surface area (Å²) >= 11 is 1.23. The predicted molar refractivity (Wildman–Crippen MR) is 85.5 cm³/mol. The monoisotopic (exact) mass is 302 g/mol. The number of aryl methyl sites for hydroxylation is 1. The van der Waals surface area contributed by atoms with Gasteiger partial charge in [0.2, 0.25) is 0 Å². The molecule has 1 aromatic carbocycles. The van der Waals surface area contributed by atoms with Crippen LogP contribution in [0.25, 0.3) is 0 Å². The second-order valence-corrected chi connectivity index (χ2v) is 6.07. The highest BCUT2D eigenvalue weighted by atomic mass is 32.1. The fourth-order valence-electron chi connectivity index (χ4n) is 2.11. The van der Waals surface area contributed by atoms with Crippen molar-refractivity contribution in [2.45, 2.75) is 32.4 Å². The van der Waals surface area contributed by atoms with E-state index in [-0.39, 0.29) is 5.91 Å². The van der Waals surface area contributed by atoms with E-state index in [1.165, 1.54) is 22.7 Å². The Morgan fingerprint density at radius 2 is 2.19 bits per heavy atom. The van der Waals surface area contributed by atoms with Gasteiger partial charge in [-0.3, -0.25) is 4.79 Å². The van der Waals surface area contributed by atoms with Gasteiger partial charge in [-0.2, -0.15) is 4.37 Å². The number of carbonyl (C=O) groups excluding carboxylic acids is 1. The topological polar surface area (TPSA) is 80.0 Å². The van der Waals surface area contributed by atoms with Crippen molar-refractivity contribution in [2.24, 2.45) is 0 Å². The molecule has 1 aliphatic rings. The minimum atomic E-state index is -0.129. The zero-order chi connectivity index (χ0) is 14.8. The van der Waals surface area contributed by atoms with Crippen molar-refractivity contribution in [1.29, 1.82) is 0 Å². The molecule has 1 aromatic heterocycles. The van der Waals surface area contributed by atoms with E-state index in [2.05, 4.69) is 34.1 Å². The van der Waals surface area contributed by atoms with E-state index in [1.54, 1.807) is 0 Å². The Hall–Kier alpha value is -2.08. The number of anilines is 2. The molecule has 1 saturated carbocycles. The molecule has 0 atom stereocenters. The maximum Gasteiger partial charge on any atom is 0.258 e. The summed E-state index contributed by atoms with van der Waals surface area (Å²) in [5.74, 6) is 0.168. The molecule has 1 fully saturated rings. The first kappa shape index (κ1) is 13.9. The zero-order valence-electron chi connectivity index (χ0n) is 11.8. The van der Waals surface area contributed by atoms with Gasteiger partial charge in [0, 0.05) is 12.6 Å². The summed E-state index contributed by atoms with van der Waals surface area (Å²) in [4.78, 5) is 12.2.